The second-order valence-corrected chi connectivity index (χ2v) is 2.75. The van der Waals surface area contributed by atoms with Gasteiger partial charge in [-0.3, -0.25) is 4.98 Å². The molecule has 2 rings (SSSR count). The molecule has 0 saturated heterocycles. The molecule has 2 N–H and O–H groups in total. The standard InChI is InChI=1S/C10H10N2O/c1-13-9-4-2-3-8-10(9)7(11)5-6-12-8/h2-6H,1H3,(H2,11,12). The first-order valence-electron chi connectivity index (χ1n) is 4.00. The van der Waals surface area contributed by atoms with Crippen molar-refractivity contribution in [1.29, 1.82) is 0 Å². The van der Waals surface area contributed by atoms with Crippen LogP contribution in [0.5, 0.6) is 5.75 Å². The average molecular weight is 174 g/mol. The van der Waals surface area contributed by atoms with E-state index in [9.17, 15) is 0 Å². The van der Waals surface area contributed by atoms with E-state index in [1.165, 1.54) is 0 Å². The van der Waals surface area contributed by atoms with Gasteiger partial charge in [0.15, 0.2) is 0 Å². The fraction of sp³-hybridized carbons (Fsp3) is 0.100. The fourth-order valence-corrected chi connectivity index (χ4v) is 1.37. The lowest BCUT2D eigenvalue weighted by molar-refractivity contribution is 0.420. The van der Waals surface area contributed by atoms with Gasteiger partial charge in [0.1, 0.15) is 5.75 Å². The Bertz CT molecular complexity index is 435. The van der Waals surface area contributed by atoms with Crippen LogP contribution in [0.4, 0.5) is 5.69 Å². The van der Waals surface area contributed by atoms with Crippen molar-refractivity contribution in [1.82, 2.24) is 4.98 Å². The van der Waals surface area contributed by atoms with Crippen molar-refractivity contribution in [3.63, 3.8) is 0 Å². The zero-order valence-corrected chi connectivity index (χ0v) is 7.32. The molecular weight excluding hydrogens is 164 g/mol. The van der Waals surface area contributed by atoms with Crippen LogP contribution in [-0.2, 0) is 0 Å². The minimum Gasteiger partial charge on any atom is -0.496 e. The number of fused-ring (bicyclic) bond motifs is 1. The number of hydrogen-bond donors (Lipinski definition) is 1. The molecule has 0 spiro atoms. The lowest BCUT2D eigenvalue weighted by Crippen LogP contribution is -1.92. The maximum Gasteiger partial charge on any atom is 0.130 e. The molecule has 0 radical (unpaired) electrons. The molecule has 0 aliphatic rings. The highest BCUT2D eigenvalue weighted by atomic mass is 16.5. The molecule has 2 aromatic rings. The lowest BCUT2D eigenvalue weighted by Gasteiger charge is -2.06. The second kappa shape index (κ2) is 2.94. The van der Waals surface area contributed by atoms with E-state index in [2.05, 4.69) is 4.98 Å². The first-order valence-corrected chi connectivity index (χ1v) is 4.00. The maximum atomic E-state index is 5.81. The maximum absolute atomic E-state index is 5.81. The summed E-state index contributed by atoms with van der Waals surface area (Å²) in [6, 6.07) is 7.45. The smallest absolute Gasteiger partial charge is 0.130 e. The highest BCUT2D eigenvalue weighted by Gasteiger charge is 2.03. The number of anilines is 1. The van der Waals surface area contributed by atoms with E-state index >= 15 is 0 Å². The van der Waals surface area contributed by atoms with E-state index in [1.54, 1.807) is 19.4 Å². The molecule has 0 aliphatic heterocycles. The third kappa shape index (κ3) is 1.18. The molecule has 0 amide bonds. The van der Waals surface area contributed by atoms with E-state index in [4.69, 9.17) is 10.5 Å². The van der Waals surface area contributed by atoms with Crippen LogP contribution in [0.15, 0.2) is 30.5 Å². The van der Waals surface area contributed by atoms with Gasteiger partial charge in [-0.15, -0.1) is 0 Å². The van der Waals surface area contributed by atoms with Crippen molar-refractivity contribution in [2.75, 3.05) is 12.8 Å². The zero-order valence-electron chi connectivity index (χ0n) is 7.32. The van der Waals surface area contributed by atoms with Gasteiger partial charge in [-0.2, -0.15) is 0 Å². The topological polar surface area (TPSA) is 48.1 Å². The van der Waals surface area contributed by atoms with Crippen molar-refractivity contribution in [3.8, 4) is 5.75 Å². The number of nitrogen functional groups attached to an aromatic ring is 1. The third-order valence-corrected chi connectivity index (χ3v) is 1.98. The van der Waals surface area contributed by atoms with Crippen molar-refractivity contribution in [2.24, 2.45) is 0 Å². The van der Waals surface area contributed by atoms with Gasteiger partial charge >= 0.3 is 0 Å². The Hall–Kier alpha value is -1.77. The van der Waals surface area contributed by atoms with Gasteiger partial charge in [-0.05, 0) is 18.2 Å². The largest absolute Gasteiger partial charge is 0.496 e. The molecule has 0 fully saturated rings. The van der Waals surface area contributed by atoms with Crippen molar-refractivity contribution in [2.45, 2.75) is 0 Å². The Kier molecular flexibility index (Phi) is 1.77. The second-order valence-electron chi connectivity index (χ2n) is 2.75. The third-order valence-electron chi connectivity index (χ3n) is 1.98. The predicted octanol–water partition coefficient (Wildman–Crippen LogP) is 1.83. The van der Waals surface area contributed by atoms with E-state index in [0.717, 1.165) is 16.7 Å². The Balaban J connectivity index is 2.87. The fourth-order valence-electron chi connectivity index (χ4n) is 1.37. The minimum absolute atomic E-state index is 0.697. The number of benzene rings is 1. The summed E-state index contributed by atoms with van der Waals surface area (Å²) >= 11 is 0. The molecule has 13 heavy (non-hydrogen) atoms. The normalized spacial score (nSPS) is 10.2. The van der Waals surface area contributed by atoms with Gasteiger partial charge in [-0.25, -0.2) is 0 Å². The van der Waals surface area contributed by atoms with Crippen LogP contribution in [0.25, 0.3) is 10.9 Å². The number of pyridine rings is 1. The van der Waals surface area contributed by atoms with E-state index < -0.39 is 0 Å². The van der Waals surface area contributed by atoms with E-state index in [0.29, 0.717) is 5.69 Å². The number of nitrogens with zero attached hydrogens (tertiary/aromatic N) is 1. The summed E-state index contributed by atoms with van der Waals surface area (Å²) in [5, 5.41) is 0.882. The minimum atomic E-state index is 0.697. The summed E-state index contributed by atoms with van der Waals surface area (Å²) in [6.45, 7) is 0. The van der Waals surface area contributed by atoms with Gasteiger partial charge in [0.2, 0.25) is 0 Å². The number of ether oxygens (including phenoxy) is 1. The molecule has 0 saturated carbocycles. The quantitative estimate of drug-likeness (QED) is 0.717. The Morgan fingerprint density at radius 2 is 2.15 bits per heavy atom. The number of rotatable bonds is 1. The van der Waals surface area contributed by atoms with Crippen LogP contribution in [0.1, 0.15) is 0 Å². The monoisotopic (exact) mass is 174 g/mol. The van der Waals surface area contributed by atoms with Crippen LogP contribution >= 0.6 is 0 Å². The van der Waals surface area contributed by atoms with Gasteiger partial charge in [0.05, 0.1) is 18.0 Å². The van der Waals surface area contributed by atoms with E-state index in [-0.39, 0.29) is 0 Å². The SMILES string of the molecule is COc1cccc2nccc(N)c12. The molecule has 1 aromatic carbocycles. The molecule has 0 aliphatic carbocycles. The highest BCUT2D eigenvalue weighted by molar-refractivity contribution is 5.95. The molecule has 66 valence electrons. The summed E-state index contributed by atoms with van der Waals surface area (Å²) in [6.07, 6.45) is 1.69. The summed E-state index contributed by atoms with van der Waals surface area (Å²) in [4.78, 5) is 4.19. The van der Waals surface area contributed by atoms with E-state index in [1.807, 2.05) is 18.2 Å². The molecular formula is C10H10N2O. The summed E-state index contributed by atoms with van der Waals surface area (Å²) in [7, 11) is 1.63. The zero-order chi connectivity index (χ0) is 9.26. The molecule has 3 heteroatoms. The van der Waals surface area contributed by atoms with Crippen LogP contribution in [-0.4, -0.2) is 12.1 Å². The first-order chi connectivity index (χ1) is 6.33. The van der Waals surface area contributed by atoms with Crippen molar-refractivity contribution < 1.29 is 4.74 Å². The van der Waals surface area contributed by atoms with Gasteiger partial charge in [0.25, 0.3) is 0 Å². The number of nitrogens with two attached hydrogens (primary N) is 1. The highest BCUT2D eigenvalue weighted by Crippen LogP contribution is 2.28. The molecule has 3 nitrogen and oxygen atoms in total. The molecule has 0 unspecified atom stereocenters. The lowest BCUT2D eigenvalue weighted by atomic mass is 10.2. The summed E-state index contributed by atoms with van der Waals surface area (Å²) in [5.41, 5.74) is 7.37. The molecule has 0 atom stereocenters. The van der Waals surface area contributed by atoms with Gasteiger partial charge in [-0.1, -0.05) is 6.07 Å². The van der Waals surface area contributed by atoms with Crippen molar-refractivity contribution in [3.05, 3.63) is 30.5 Å². The van der Waals surface area contributed by atoms with Crippen molar-refractivity contribution >= 4 is 16.6 Å². The average Bonchev–Trinajstić information content (AvgIpc) is 2.17. The predicted molar refractivity (Wildman–Crippen MR) is 52.7 cm³/mol. The number of aromatic nitrogens is 1. The number of hydrogen-bond acceptors (Lipinski definition) is 3. The molecule has 1 aromatic heterocycles. The van der Waals surface area contributed by atoms with Crippen LogP contribution in [0.2, 0.25) is 0 Å². The summed E-state index contributed by atoms with van der Waals surface area (Å²) < 4.78 is 5.19. The molecule has 1 heterocycles. The first kappa shape index (κ1) is 7.86. The van der Waals surface area contributed by atoms with Crippen LogP contribution in [0.3, 0.4) is 0 Å². The van der Waals surface area contributed by atoms with Gasteiger partial charge in [0, 0.05) is 11.9 Å². The Morgan fingerprint density at radius 3 is 2.92 bits per heavy atom. The Morgan fingerprint density at radius 1 is 1.31 bits per heavy atom. The number of methoxy groups -OCH3 is 1. The van der Waals surface area contributed by atoms with Crippen LogP contribution < -0.4 is 10.5 Å². The van der Waals surface area contributed by atoms with Gasteiger partial charge < -0.3 is 10.5 Å². The summed E-state index contributed by atoms with van der Waals surface area (Å²) in [5.74, 6) is 0.767. The van der Waals surface area contributed by atoms with Crippen LogP contribution in [0, 0.1) is 0 Å². The molecule has 0 bridgehead atoms. The Labute approximate surface area is 76.2 Å².